The highest BCUT2D eigenvalue weighted by molar-refractivity contribution is 5.71. The van der Waals surface area contributed by atoms with Crippen molar-refractivity contribution in [3.05, 3.63) is 84.4 Å². The van der Waals surface area contributed by atoms with Gasteiger partial charge in [-0.25, -0.2) is 0 Å². The van der Waals surface area contributed by atoms with Crippen LogP contribution in [0.4, 0.5) is 0 Å². The molecule has 0 aromatic heterocycles. The van der Waals surface area contributed by atoms with Crippen molar-refractivity contribution in [2.24, 2.45) is 0 Å². The predicted octanol–water partition coefficient (Wildman–Crippen LogP) is 3.63. The van der Waals surface area contributed by atoms with Crippen LogP contribution in [0.1, 0.15) is 17.5 Å². The zero-order valence-corrected chi connectivity index (χ0v) is 10.6. The molecule has 19 heavy (non-hydrogen) atoms. The van der Waals surface area contributed by atoms with Crippen molar-refractivity contribution < 1.29 is 9.90 Å². The van der Waals surface area contributed by atoms with Gasteiger partial charge in [0.05, 0.1) is 6.42 Å². The molecule has 0 amide bonds. The maximum Gasteiger partial charge on any atom is 0.304 e. The van der Waals surface area contributed by atoms with E-state index < -0.39 is 11.4 Å². The minimum atomic E-state index is -0.840. The summed E-state index contributed by atoms with van der Waals surface area (Å²) < 4.78 is 0. The van der Waals surface area contributed by atoms with Crippen molar-refractivity contribution in [2.45, 2.75) is 11.8 Å². The summed E-state index contributed by atoms with van der Waals surface area (Å²) in [7, 11) is 0. The van der Waals surface area contributed by atoms with Gasteiger partial charge in [-0.1, -0.05) is 66.7 Å². The van der Waals surface area contributed by atoms with E-state index in [1.54, 1.807) is 6.08 Å². The normalized spacial score (nSPS) is 10.9. The lowest BCUT2D eigenvalue weighted by Gasteiger charge is -2.30. The minimum Gasteiger partial charge on any atom is -0.481 e. The zero-order valence-electron chi connectivity index (χ0n) is 10.6. The Labute approximate surface area is 113 Å². The van der Waals surface area contributed by atoms with E-state index in [0.717, 1.165) is 11.1 Å². The van der Waals surface area contributed by atoms with Crippen LogP contribution >= 0.6 is 0 Å². The van der Waals surface area contributed by atoms with Crippen LogP contribution in [-0.4, -0.2) is 11.1 Å². The van der Waals surface area contributed by atoms with Crippen LogP contribution in [0.25, 0.3) is 0 Å². The third kappa shape index (κ3) is 2.58. The van der Waals surface area contributed by atoms with E-state index in [1.165, 1.54) is 0 Å². The summed E-state index contributed by atoms with van der Waals surface area (Å²) in [6.45, 7) is 3.88. The Bertz CT molecular complexity index is 519. The smallest absolute Gasteiger partial charge is 0.304 e. The summed E-state index contributed by atoms with van der Waals surface area (Å²) in [4.78, 5) is 11.3. The van der Waals surface area contributed by atoms with Gasteiger partial charge in [-0.3, -0.25) is 4.79 Å². The van der Waals surface area contributed by atoms with E-state index in [1.807, 2.05) is 60.7 Å². The maximum atomic E-state index is 11.3. The number of carboxylic acids is 1. The van der Waals surface area contributed by atoms with E-state index in [4.69, 9.17) is 0 Å². The van der Waals surface area contributed by atoms with E-state index in [-0.39, 0.29) is 6.42 Å². The number of hydrogen-bond donors (Lipinski definition) is 1. The van der Waals surface area contributed by atoms with E-state index in [2.05, 4.69) is 6.58 Å². The summed E-state index contributed by atoms with van der Waals surface area (Å²) in [6, 6.07) is 19.3. The number of carboxylic acid groups (broad SMARTS) is 1. The van der Waals surface area contributed by atoms with Gasteiger partial charge in [0.25, 0.3) is 0 Å². The lowest BCUT2D eigenvalue weighted by atomic mass is 9.72. The number of hydrogen-bond acceptors (Lipinski definition) is 1. The SMILES string of the molecule is C=CC(CC(=O)O)(c1ccccc1)c1ccccc1. The first-order valence-electron chi connectivity index (χ1n) is 6.15. The standard InChI is InChI=1S/C17H16O2/c1-2-17(13-16(18)19,14-9-5-3-6-10-14)15-11-7-4-8-12-15/h2-12H,1,13H2,(H,18,19). The van der Waals surface area contributed by atoms with E-state index >= 15 is 0 Å². The Kier molecular flexibility index (Phi) is 3.81. The highest BCUT2D eigenvalue weighted by Crippen LogP contribution is 2.36. The van der Waals surface area contributed by atoms with Crippen LogP contribution in [0.3, 0.4) is 0 Å². The molecular formula is C17H16O2. The van der Waals surface area contributed by atoms with Crippen molar-refractivity contribution in [3.8, 4) is 0 Å². The summed E-state index contributed by atoms with van der Waals surface area (Å²) in [5.74, 6) is -0.840. The topological polar surface area (TPSA) is 37.3 Å². The van der Waals surface area contributed by atoms with Gasteiger partial charge in [0.1, 0.15) is 0 Å². The molecule has 0 unspecified atom stereocenters. The van der Waals surface area contributed by atoms with Gasteiger partial charge >= 0.3 is 5.97 Å². The molecule has 0 heterocycles. The van der Waals surface area contributed by atoms with Crippen LogP contribution in [0.15, 0.2) is 73.3 Å². The van der Waals surface area contributed by atoms with Crippen LogP contribution in [0, 0.1) is 0 Å². The van der Waals surface area contributed by atoms with Crippen LogP contribution in [0.5, 0.6) is 0 Å². The van der Waals surface area contributed by atoms with Gasteiger partial charge in [0.15, 0.2) is 0 Å². The quantitative estimate of drug-likeness (QED) is 0.825. The number of carbonyl (C=O) groups is 1. The molecule has 0 saturated carbocycles. The van der Waals surface area contributed by atoms with Crippen LogP contribution in [0.2, 0.25) is 0 Å². The second-order valence-electron chi connectivity index (χ2n) is 4.48. The van der Waals surface area contributed by atoms with Gasteiger partial charge in [-0.15, -0.1) is 6.58 Å². The zero-order chi connectivity index (χ0) is 13.7. The van der Waals surface area contributed by atoms with E-state index in [9.17, 15) is 9.90 Å². The Morgan fingerprint density at radius 1 is 1.00 bits per heavy atom. The van der Waals surface area contributed by atoms with Gasteiger partial charge in [-0.05, 0) is 11.1 Å². The number of allylic oxidation sites excluding steroid dienone is 1. The van der Waals surface area contributed by atoms with E-state index in [0.29, 0.717) is 0 Å². The fourth-order valence-electron chi connectivity index (χ4n) is 2.39. The molecule has 2 rings (SSSR count). The molecule has 0 atom stereocenters. The number of aliphatic carboxylic acids is 1. The van der Waals surface area contributed by atoms with Gasteiger partial charge in [0, 0.05) is 5.41 Å². The molecule has 0 fully saturated rings. The third-order valence-electron chi connectivity index (χ3n) is 3.36. The van der Waals surface area contributed by atoms with Crippen molar-refractivity contribution in [1.29, 1.82) is 0 Å². The number of benzene rings is 2. The summed E-state index contributed by atoms with van der Waals surface area (Å²) in [6.07, 6.45) is 1.72. The molecule has 0 aliphatic rings. The summed E-state index contributed by atoms with van der Waals surface area (Å²) in [5.41, 5.74) is 1.20. The highest BCUT2D eigenvalue weighted by Gasteiger charge is 2.33. The largest absolute Gasteiger partial charge is 0.481 e. The Morgan fingerprint density at radius 3 is 1.74 bits per heavy atom. The molecule has 96 valence electrons. The third-order valence-corrected chi connectivity index (χ3v) is 3.36. The fraction of sp³-hybridized carbons (Fsp3) is 0.118. The molecule has 1 N–H and O–H groups in total. The monoisotopic (exact) mass is 252 g/mol. The predicted molar refractivity (Wildman–Crippen MR) is 76.1 cm³/mol. The average Bonchev–Trinajstić information content (AvgIpc) is 2.46. The van der Waals surface area contributed by atoms with Crippen molar-refractivity contribution in [3.63, 3.8) is 0 Å². The van der Waals surface area contributed by atoms with Gasteiger partial charge in [-0.2, -0.15) is 0 Å². The molecule has 2 nitrogen and oxygen atoms in total. The highest BCUT2D eigenvalue weighted by atomic mass is 16.4. The Hall–Kier alpha value is -2.35. The molecule has 0 radical (unpaired) electrons. The first kappa shape index (κ1) is 13.1. The lowest BCUT2D eigenvalue weighted by molar-refractivity contribution is -0.137. The molecular weight excluding hydrogens is 236 g/mol. The van der Waals surface area contributed by atoms with Gasteiger partial charge < -0.3 is 5.11 Å². The number of rotatable bonds is 5. The molecule has 0 aliphatic carbocycles. The van der Waals surface area contributed by atoms with Crippen molar-refractivity contribution in [2.75, 3.05) is 0 Å². The second-order valence-corrected chi connectivity index (χ2v) is 4.48. The molecule has 0 aliphatic heterocycles. The van der Waals surface area contributed by atoms with Gasteiger partial charge in [0.2, 0.25) is 0 Å². The Morgan fingerprint density at radius 2 is 1.42 bits per heavy atom. The van der Waals surface area contributed by atoms with Crippen LogP contribution in [-0.2, 0) is 10.2 Å². The fourth-order valence-corrected chi connectivity index (χ4v) is 2.39. The average molecular weight is 252 g/mol. The first-order chi connectivity index (χ1) is 9.19. The minimum absolute atomic E-state index is 0.00940. The lowest BCUT2D eigenvalue weighted by Crippen LogP contribution is -2.28. The first-order valence-corrected chi connectivity index (χ1v) is 6.15. The van der Waals surface area contributed by atoms with Crippen LogP contribution < -0.4 is 0 Å². The summed E-state index contributed by atoms with van der Waals surface area (Å²) in [5, 5.41) is 9.26. The molecule has 2 heteroatoms. The summed E-state index contributed by atoms with van der Waals surface area (Å²) >= 11 is 0. The molecule has 0 spiro atoms. The molecule has 0 saturated heterocycles. The Balaban J connectivity index is 2.61. The molecule has 0 bridgehead atoms. The second kappa shape index (κ2) is 5.53. The molecule has 2 aromatic rings. The maximum absolute atomic E-state index is 11.3. The molecule has 2 aromatic carbocycles. The van der Waals surface area contributed by atoms with Crippen molar-refractivity contribution in [1.82, 2.24) is 0 Å². The van der Waals surface area contributed by atoms with Crippen molar-refractivity contribution >= 4 is 5.97 Å².